The maximum absolute atomic E-state index is 4.50. The highest BCUT2D eigenvalue weighted by Crippen LogP contribution is 2.20. The highest BCUT2D eigenvalue weighted by atomic mass is 32.1. The molecule has 1 heteroatoms. The van der Waals surface area contributed by atoms with E-state index in [0.29, 0.717) is 5.25 Å². The Morgan fingerprint density at radius 3 is 2.00 bits per heavy atom. The number of hydrogen-bond acceptors (Lipinski definition) is 1. The first-order valence-electron chi connectivity index (χ1n) is 4.26. The van der Waals surface area contributed by atoms with E-state index >= 15 is 0 Å². The second kappa shape index (κ2) is 5.06. The molecule has 0 nitrogen and oxygen atoms in total. The third-order valence-electron chi connectivity index (χ3n) is 1.92. The highest BCUT2D eigenvalue weighted by molar-refractivity contribution is 7.81. The van der Waals surface area contributed by atoms with Crippen LogP contribution in [0.3, 0.4) is 0 Å². The van der Waals surface area contributed by atoms with Crippen LogP contribution in [0.1, 0.15) is 40.5 Å². The van der Waals surface area contributed by atoms with Gasteiger partial charge in [0.2, 0.25) is 0 Å². The van der Waals surface area contributed by atoms with Gasteiger partial charge < -0.3 is 0 Å². The smallest absolute Gasteiger partial charge is 0.00399 e. The van der Waals surface area contributed by atoms with Gasteiger partial charge in [-0.25, -0.2) is 0 Å². The SMILES string of the molecule is CCC(S)C(C)CC(C)C. The molecule has 0 aromatic rings. The predicted molar refractivity (Wildman–Crippen MR) is 51.7 cm³/mol. The molecule has 0 aromatic heterocycles. The van der Waals surface area contributed by atoms with E-state index in [1.165, 1.54) is 12.8 Å². The maximum Gasteiger partial charge on any atom is 0.00399 e. The lowest BCUT2D eigenvalue weighted by Crippen LogP contribution is -2.12. The first-order valence-corrected chi connectivity index (χ1v) is 4.77. The van der Waals surface area contributed by atoms with Crippen molar-refractivity contribution in [3.8, 4) is 0 Å². The van der Waals surface area contributed by atoms with E-state index in [2.05, 4.69) is 40.3 Å². The molecule has 0 amide bonds. The van der Waals surface area contributed by atoms with Gasteiger partial charge in [-0.15, -0.1) is 0 Å². The van der Waals surface area contributed by atoms with Gasteiger partial charge in [0, 0.05) is 5.25 Å². The molecular weight excluding hydrogens is 140 g/mol. The van der Waals surface area contributed by atoms with Crippen molar-refractivity contribution < 1.29 is 0 Å². The first-order chi connectivity index (χ1) is 4.57. The molecule has 0 aromatic carbocycles. The Labute approximate surface area is 70.8 Å². The molecule has 0 aliphatic carbocycles. The largest absolute Gasteiger partial charge is 0.176 e. The summed E-state index contributed by atoms with van der Waals surface area (Å²) in [5, 5.41) is 0.599. The average Bonchev–Trinajstić information content (AvgIpc) is 1.85. The minimum absolute atomic E-state index is 0.599. The summed E-state index contributed by atoms with van der Waals surface area (Å²) in [5.41, 5.74) is 0. The van der Waals surface area contributed by atoms with Gasteiger partial charge in [0.05, 0.1) is 0 Å². The standard InChI is InChI=1S/C9H20S/c1-5-9(10)8(4)6-7(2)3/h7-10H,5-6H2,1-4H3. The van der Waals surface area contributed by atoms with Crippen molar-refractivity contribution in [3.63, 3.8) is 0 Å². The van der Waals surface area contributed by atoms with Crippen LogP contribution in [0.2, 0.25) is 0 Å². The Hall–Kier alpha value is 0.350. The van der Waals surface area contributed by atoms with E-state index in [1.54, 1.807) is 0 Å². The number of rotatable bonds is 4. The third-order valence-corrected chi connectivity index (χ3v) is 2.79. The van der Waals surface area contributed by atoms with Gasteiger partial charge in [-0.1, -0.05) is 27.7 Å². The van der Waals surface area contributed by atoms with Gasteiger partial charge in [-0.05, 0) is 24.7 Å². The van der Waals surface area contributed by atoms with E-state index < -0.39 is 0 Å². The van der Waals surface area contributed by atoms with Gasteiger partial charge >= 0.3 is 0 Å². The van der Waals surface area contributed by atoms with Crippen LogP contribution in [0.4, 0.5) is 0 Å². The van der Waals surface area contributed by atoms with Crippen molar-refractivity contribution in [1.29, 1.82) is 0 Å². The van der Waals surface area contributed by atoms with Gasteiger partial charge in [0.1, 0.15) is 0 Å². The zero-order valence-electron chi connectivity index (χ0n) is 7.59. The van der Waals surface area contributed by atoms with Crippen molar-refractivity contribution in [2.24, 2.45) is 11.8 Å². The van der Waals surface area contributed by atoms with E-state index in [9.17, 15) is 0 Å². The minimum Gasteiger partial charge on any atom is -0.176 e. The Balaban J connectivity index is 3.50. The monoisotopic (exact) mass is 160 g/mol. The fraction of sp³-hybridized carbons (Fsp3) is 1.00. The average molecular weight is 160 g/mol. The van der Waals surface area contributed by atoms with Crippen LogP contribution in [0.25, 0.3) is 0 Å². The van der Waals surface area contributed by atoms with E-state index in [0.717, 1.165) is 11.8 Å². The summed E-state index contributed by atoms with van der Waals surface area (Å²) in [6.07, 6.45) is 2.50. The zero-order chi connectivity index (χ0) is 8.15. The van der Waals surface area contributed by atoms with Crippen LogP contribution in [-0.2, 0) is 0 Å². The Kier molecular flexibility index (Phi) is 5.24. The molecule has 2 unspecified atom stereocenters. The van der Waals surface area contributed by atoms with Crippen LogP contribution in [-0.4, -0.2) is 5.25 Å². The summed E-state index contributed by atoms with van der Waals surface area (Å²) in [6, 6.07) is 0. The van der Waals surface area contributed by atoms with Crippen molar-refractivity contribution in [3.05, 3.63) is 0 Å². The molecule has 0 saturated heterocycles. The lowest BCUT2D eigenvalue weighted by Gasteiger charge is -2.18. The highest BCUT2D eigenvalue weighted by Gasteiger charge is 2.11. The van der Waals surface area contributed by atoms with Gasteiger partial charge in [-0.2, -0.15) is 12.6 Å². The van der Waals surface area contributed by atoms with Gasteiger partial charge in [0.15, 0.2) is 0 Å². The van der Waals surface area contributed by atoms with Crippen molar-refractivity contribution in [1.82, 2.24) is 0 Å². The predicted octanol–water partition coefficient (Wildman–Crippen LogP) is 3.38. The molecule has 0 bridgehead atoms. The molecule has 0 radical (unpaired) electrons. The van der Waals surface area contributed by atoms with Crippen LogP contribution in [0.5, 0.6) is 0 Å². The van der Waals surface area contributed by atoms with E-state index in [-0.39, 0.29) is 0 Å². The molecule has 0 rings (SSSR count). The summed E-state index contributed by atoms with van der Waals surface area (Å²) in [7, 11) is 0. The molecule has 0 saturated carbocycles. The zero-order valence-corrected chi connectivity index (χ0v) is 8.49. The summed E-state index contributed by atoms with van der Waals surface area (Å²) in [5.74, 6) is 1.59. The van der Waals surface area contributed by atoms with E-state index in [1.807, 2.05) is 0 Å². The molecule has 0 fully saturated rings. The second-order valence-electron chi connectivity index (χ2n) is 3.58. The molecule has 0 spiro atoms. The normalized spacial score (nSPS) is 17.4. The molecule has 10 heavy (non-hydrogen) atoms. The lowest BCUT2D eigenvalue weighted by molar-refractivity contribution is 0.422. The number of hydrogen-bond donors (Lipinski definition) is 1. The van der Waals surface area contributed by atoms with Crippen LogP contribution in [0.15, 0.2) is 0 Å². The van der Waals surface area contributed by atoms with Crippen molar-refractivity contribution >= 4 is 12.6 Å². The van der Waals surface area contributed by atoms with Gasteiger partial charge in [-0.3, -0.25) is 0 Å². The van der Waals surface area contributed by atoms with Crippen LogP contribution < -0.4 is 0 Å². The van der Waals surface area contributed by atoms with Gasteiger partial charge in [0.25, 0.3) is 0 Å². The Bertz CT molecular complexity index is 78.8. The summed E-state index contributed by atoms with van der Waals surface area (Å²) < 4.78 is 0. The minimum atomic E-state index is 0.599. The van der Waals surface area contributed by atoms with Crippen molar-refractivity contribution in [2.45, 2.75) is 45.8 Å². The fourth-order valence-corrected chi connectivity index (χ4v) is 1.42. The number of thiol groups is 1. The Morgan fingerprint density at radius 2 is 1.70 bits per heavy atom. The third kappa shape index (κ3) is 4.21. The Morgan fingerprint density at radius 1 is 1.20 bits per heavy atom. The maximum atomic E-state index is 4.50. The molecule has 0 aliphatic rings. The fourth-order valence-electron chi connectivity index (χ4n) is 1.30. The molecule has 0 heterocycles. The summed E-state index contributed by atoms with van der Waals surface area (Å²) >= 11 is 4.50. The molecule has 0 aliphatic heterocycles. The molecule has 0 N–H and O–H groups in total. The quantitative estimate of drug-likeness (QED) is 0.599. The topological polar surface area (TPSA) is 0 Å². The molecule has 62 valence electrons. The molecule has 2 atom stereocenters. The first kappa shape index (κ1) is 10.3. The van der Waals surface area contributed by atoms with Crippen LogP contribution >= 0.6 is 12.6 Å². The van der Waals surface area contributed by atoms with E-state index in [4.69, 9.17) is 0 Å². The van der Waals surface area contributed by atoms with Crippen LogP contribution in [0, 0.1) is 11.8 Å². The summed E-state index contributed by atoms with van der Waals surface area (Å²) in [4.78, 5) is 0. The summed E-state index contributed by atoms with van der Waals surface area (Å²) in [6.45, 7) is 9.04. The van der Waals surface area contributed by atoms with Crippen molar-refractivity contribution in [2.75, 3.05) is 0 Å². The second-order valence-corrected chi connectivity index (χ2v) is 4.25. The lowest BCUT2D eigenvalue weighted by atomic mass is 9.95. The molecular formula is C9H20S.